The first-order valence-electron chi connectivity index (χ1n) is 10.2. The largest absolute Gasteiger partial charge is 0.492 e. The third kappa shape index (κ3) is 5.73. The molecule has 0 saturated carbocycles. The van der Waals surface area contributed by atoms with Gasteiger partial charge in [-0.05, 0) is 69.0 Å². The van der Waals surface area contributed by atoms with E-state index in [-0.39, 0.29) is 6.03 Å². The van der Waals surface area contributed by atoms with E-state index in [9.17, 15) is 4.79 Å². The van der Waals surface area contributed by atoms with Crippen LogP contribution in [0.4, 0.5) is 10.5 Å². The third-order valence-corrected chi connectivity index (χ3v) is 5.35. The molecule has 0 spiro atoms. The number of likely N-dealkylation sites (tertiary alicyclic amines) is 1. The summed E-state index contributed by atoms with van der Waals surface area (Å²) in [7, 11) is 0. The van der Waals surface area contributed by atoms with Gasteiger partial charge in [-0.1, -0.05) is 36.4 Å². The Labute approximate surface area is 168 Å². The number of piperidine rings is 1. The van der Waals surface area contributed by atoms with Crippen molar-refractivity contribution in [1.82, 2.24) is 10.2 Å². The summed E-state index contributed by atoms with van der Waals surface area (Å²) in [6.07, 6.45) is 2.23. The zero-order valence-corrected chi connectivity index (χ0v) is 16.9. The molecule has 0 unspecified atom stereocenters. The molecule has 1 fully saturated rings. The predicted octanol–water partition coefficient (Wildman–Crippen LogP) is 4.43. The van der Waals surface area contributed by atoms with Gasteiger partial charge in [-0.15, -0.1) is 0 Å². The quantitative estimate of drug-likeness (QED) is 0.746. The van der Waals surface area contributed by atoms with Gasteiger partial charge < -0.3 is 15.4 Å². The van der Waals surface area contributed by atoms with E-state index in [0.29, 0.717) is 30.5 Å². The van der Waals surface area contributed by atoms with Crippen LogP contribution in [-0.4, -0.2) is 37.2 Å². The average molecular weight is 382 g/mol. The van der Waals surface area contributed by atoms with Crippen molar-refractivity contribution in [1.29, 1.82) is 0 Å². The maximum absolute atomic E-state index is 12.3. The van der Waals surface area contributed by atoms with Crippen molar-refractivity contribution < 1.29 is 9.53 Å². The number of anilines is 1. The van der Waals surface area contributed by atoms with E-state index in [2.05, 4.69) is 46.7 Å². The summed E-state index contributed by atoms with van der Waals surface area (Å²) in [5.41, 5.74) is 3.47. The Hall–Kier alpha value is -2.53. The highest BCUT2D eigenvalue weighted by molar-refractivity contribution is 5.90. The smallest absolute Gasteiger partial charge is 0.319 e. The molecule has 2 amide bonds. The van der Waals surface area contributed by atoms with Crippen LogP contribution in [0.25, 0.3) is 0 Å². The molecule has 5 nitrogen and oxygen atoms in total. The van der Waals surface area contributed by atoms with Gasteiger partial charge >= 0.3 is 6.03 Å². The number of nitrogens with zero attached hydrogens (tertiary/aromatic N) is 1. The first-order chi connectivity index (χ1) is 13.7. The maximum Gasteiger partial charge on any atom is 0.319 e. The summed E-state index contributed by atoms with van der Waals surface area (Å²) >= 11 is 0. The van der Waals surface area contributed by atoms with E-state index in [1.165, 1.54) is 11.1 Å². The third-order valence-electron chi connectivity index (χ3n) is 5.35. The topological polar surface area (TPSA) is 53.6 Å². The van der Waals surface area contributed by atoms with Gasteiger partial charge in [-0.25, -0.2) is 4.79 Å². The van der Waals surface area contributed by atoms with E-state index < -0.39 is 0 Å². The van der Waals surface area contributed by atoms with Crippen LogP contribution in [0.15, 0.2) is 48.5 Å². The summed E-state index contributed by atoms with van der Waals surface area (Å²) in [5, 5.41) is 5.92. The van der Waals surface area contributed by atoms with E-state index in [4.69, 9.17) is 4.74 Å². The highest BCUT2D eigenvalue weighted by Gasteiger charge is 2.20. The fourth-order valence-electron chi connectivity index (χ4n) is 3.63. The molecule has 2 aromatic rings. The van der Waals surface area contributed by atoms with Crippen molar-refractivity contribution >= 4 is 11.7 Å². The van der Waals surface area contributed by atoms with Crippen LogP contribution in [0.3, 0.4) is 0 Å². The van der Waals surface area contributed by atoms with Gasteiger partial charge in [0.15, 0.2) is 0 Å². The van der Waals surface area contributed by atoms with E-state index in [1.54, 1.807) is 0 Å². The minimum absolute atomic E-state index is 0.172. The highest BCUT2D eigenvalue weighted by Crippen LogP contribution is 2.24. The van der Waals surface area contributed by atoms with Gasteiger partial charge in [0, 0.05) is 13.1 Å². The fourth-order valence-corrected chi connectivity index (χ4v) is 3.63. The number of amides is 2. The number of hydrogen-bond donors (Lipinski definition) is 2. The first kappa shape index (κ1) is 20.2. The van der Waals surface area contributed by atoms with Gasteiger partial charge in [0.25, 0.3) is 0 Å². The van der Waals surface area contributed by atoms with E-state index >= 15 is 0 Å². The Bertz CT molecular complexity index is 770. The van der Waals surface area contributed by atoms with Crippen LogP contribution in [0.5, 0.6) is 5.75 Å². The zero-order valence-electron chi connectivity index (χ0n) is 16.9. The number of carbonyl (C=O) groups is 1. The van der Waals surface area contributed by atoms with Crippen molar-refractivity contribution in [3.05, 3.63) is 59.7 Å². The minimum atomic E-state index is -0.172. The number of carbonyl (C=O) groups excluding carboxylic acids is 1. The average Bonchev–Trinajstić information content (AvgIpc) is 2.71. The molecular weight excluding hydrogens is 350 g/mol. The molecule has 1 aliphatic rings. The van der Waals surface area contributed by atoms with Crippen molar-refractivity contribution in [2.75, 3.05) is 31.6 Å². The molecule has 28 heavy (non-hydrogen) atoms. The molecule has 5 heteroatoms. The predicted molar refractivity (Wildman–Crippen MR) is 114 cm³/mol. The molecule has 0 aliphatic carbocycles. The second-order valence-electron chi connectivity index (χ2n) is 7.41. The fraction of sp³-hybridized carbons (Fsp3) is 0.435. The maximum atomic E-state index is 12.3. The highest BCUT2D eigenvalue weighted by atomic mass is 16.5. The summed E-state index contributed by atoms with van der Waals surface area (Å²) in [4.78, 5) is 14.8. The number of hydrogen-bond acceptors (Lipinski definition) is 3. The number of para-hydroxylation sites is 2. The Morgan fingerprint density at radius 1 is 1.11 bits per heavy atom. The number of nitrogens with one attached hydrogen (secondary N) is 2. The zero-order chi connectivity index (χ0) is 19.8. The second-order valence-corrected chi connectivity index (χ2v) is 7.41. The lowest BCUT2D eigenvalue weighted by Crippen LogP contribution is -2.39. The van der Waals surface area contributed by atoms with Gasteiger partial charge in [0.2, 0.25) is 0 Å². The molecule has 2 aromatic carbocycles. The standard InChI is InChI=1S/C23H31N3O2/c1-3-28-22-11-7-6-10-21(22)25-23(27)24-16-19-12-14-26(15-13-19)17-20-9-5-4-8-18(20)2/h4-11,19H,3,12-17H2,1-2H3,(H2,24,25,27). The van der Waals surface area contributed by atoms with Gasteiger partial charge in [-0.2, -0.15) is 0 Å². The lowest BCUT2D eigenvalue weighted by Gasteiger charge is -2.32. The molecular formula is C23H31N3O2. The van der Waals surface area contributed by atoms with Crippen molar-refractivity contribution in [3.63, 3.8) is 0 Å². The first-order valence-corrected chi connectivity index (χ1v) is 10.2. The number of benzene rings is 2. The molecule has 2 N–H and O–H groups in total. The molecule has 1 saturated heterocycles. The van der Waals surface area contributed by atoms with Crippen LogP contribution in [0.2, 0.25) is 0 Å². The van der Waals surface area contributed by atoms with E-state index in [0.717, 1.165) is 32.5 Å². The van der Waals surface area contributed by atoms with E-state index in [1.807, 2.05) is 31.2 Å². The molecule has 3 rings (SSSR count). The summed E-state index contributed by atoms with van der Waals surface area (Å²) in [5.74, 6) is 1.23. The molecule has 0 aromatic heterocycles. The number of aryl methyl sites for hydroxylation is 1. The van der Waals surface area contributed by atoms with Crippen LogP contribution in [-0.2, 0) is 6.54 Å². The van der Waals surface area contributed by atoms with Crippen LogP contribution in [0.1, 0.15) is 30.9 Å². The normalized spacial score (nSPS) is 15.2. The number of rotatable bonds is 7. The molecule has 0 atom stereocenters. The van der Waals surface area contributed by atoms with Crippen molar-refractivity contribution in [2.45, 2.75) is 33.2 Å². The molecule has 0 radical (unpaired) electrons. The Kier molecular flexibility index (Phi) is 7.31. The lowest BCUT2D eigenvalue weighted by atomic mass is 9.96. The summed E-state index contributed by atoms with van der Waals surface area (Å²) < 4.78 is 5.55. The second kappa shape index (κ2) is 10.1. The van der Waals surface area contributed by atoms with Gasteiger partial charge in [-0.3, -0.25) is 4.90 Å². The van der Waals surface area contributed by atoms with Crippen LogP contribution >= 0.6 is 0 Å². The molecule has 1 aliphatic heterocycles. The SMILES string of the molecule is CCOc1ccccc1NC(=O)NCC1CCN(Cc2ccccc2C)CC1. The monoisotopic (exact) mass is 381 g/mol. The molecule has 1 heterocycles. The summed E-state index contributed by atoms with van der Waals surface area (Å²) in [6.45, 7) is 8.56. The molecule has 150 valence electrons. The Morgan fingerprint density at radius 2 is 1.82 bits per heavy atom. The number of urea groups is 1. The Balaban J connectivity index is 1.40. The summed E-state index contributed by atoms with van der Waals surface area (Å²) in [6, 6.07) is 15.9. The van der Waals surface area contributed by atoms with Crippen molar-refractivity contribution in [3.8, 4) is 5.75 Å². The van der Waals surface area contributed by atoms with Crippen LogP contribution in [0, 0.1) is 12.8 Å². The lowest BCUT2D eigenvalue weighted by molar-refractivity contribution is 0.175. The minimum Gasteiger partial charge on any atom is -0.492 e. The molecule has 0 bridgehead atoms. The van der Waals surface area contributed by atoms with Crippen LogP contribution < -0.4 is 15.4 Å². The Morgan fingerprint density at radius 3 is 2.57 bits per heavy atom. The van der Waals surface area contributed by atoms with Gasteiger partial charge in [0.05, 0.1) is 12.3 Å². The number of ether oxygens (including phenoxy) is 1. The van der Waals surface area contributed by atoms with Gasteiger partial charge in [0.1, 0.15) is 5.75 Å². The van der Waals surface area contributed by atoms with Crippen molar-refractivity contribution in [2.24, 2.45) is 5.92 Å².